The molecule has 1 fully saturated rings. The fourth-order valence-corrected chi connectivity index (χ4v) is 6.63. The van der Waals surface area contributed by atoms with Crippen molar-refractivity contribution in [1.82, 2.24) is 9.21 Å². The molecule has 202 valence electrons. The van der Waals surface area contributed by atoms with Gasteiger partial charge >= 0.3 is 0 Å². The molecule has 2 aromatic carbocycles. The molecule has 1 aliphatic rings. The van der Waals surface area contributed by atoms with Crippen LogP contribution in [0.3, 0.4) is 0 Å². The molecule has 1 aliphatic heterocycles. The molecule has 0 aromatic heterocycles. The molecule has 2 aromatic rings. The van der Waals surface area contributed by atoms with Crippen LogP contribution in [-0.4, -0.2) is 90.6 Å². The molecule has 0 saturated carbocycles. The lowest BCUT2D eigenvalue weighted by Crippen LogP contribution is -2.51. The molecule has 1 atom stereocenters. The van der Waals surface area contributed by atoms with Crippen molar-refractivity contribution in [3.8, 4) is 0 Å². The summed E-state index contributed by atoms with van der Waals surface area (Å²) in [4.78, 5) is 8.68. The molecule has 0 amide bonds. The smallest absolute Gasteiger partial charge is 0.261 e. The van der Waals surface area contributed by atoms with Crippen LogP contribution >= 0.6 is 11.8 Å². The molecular weight excluding hydrogens is 534 g/mol. The van der Waals surface area contributed by atoms with Crippen molar-refractivity contribution in [3.63, 3.8) is 0 Å². The van der Waals surface area contributed by atoms with Crippen molar-refractivity contribution in [2.24, 2.45) is 4.99 Å². The van der Waals surface area contributed by atoms with Crippen molar-refractivity contribution in [2.75, 3.05) is 56.2 Å². The number of benzene rings is 2. The Morgan fingerprint density at radius 3 is 2.14 bits per heavy atom. The van der Waals surface area contributed by atoms with E-state index in [-0.39, 0.29) is 9.79 Å². The molecule has 2 N–H and O–H groups in total. The first-order valence-electron chi connectivity index (χ1n) is 11.5. The lowest BCUT2D eigenvalue weighted by molar-refractivity contribution is 0.0343. The number of hydrogen-bond acceptors (Lipinski definition) is 9. The standard InChI is InChI=1S/C24H33N5O5S3/c1-18(25-2)23(35-5)24(30)29-16-14-28(15-17-29)22-9-7-6-8-21(22)26-36(31,32)19-10-12-20(13-11-19)37(33,34)27(3)4/h6-13,24,26,30H,2,14-17H2,1,3-5H3/b23-18-. The summed E-state index contributed by atoms with van der Waals surface area (Å²) in [5, 5.41) is 10.8. The first-order valence-corrected chi connectivity index (χ1v) is 15.6. The van der Waals surface area contributed by atoms with Gasteiger partial charge in [0, 0.05) is 45.2 Å². The van der Waals surface area contributed by atoms with Crippen LogP contribution in [0.1, 0.15) is 6.92 Å². The molecule has 13 heteroatoms. The molecule has 1 heterocycles. The van der Waals surface area contributed by atoms with Crippen LogP contribution in [0, 0.1) is 0 Å². The van der Waals surface area contributed by atoms with Crippen LogP contribution in [0.5, 0.6) is 0 Å². The van der Waals surface area contributed by atoms with Gasteiger partial charge in [-0.2, -0.15) is 0 Å². The van der Waals surface area contributed by atoms with E-state index in [0.717, 1.165) is 14.9 Å². The summed E-state index contributed by atoms with van der Waals surface area (Å²) in [6.07, 6.45) is 1.11. The second-order valence-corrected chi connectivity index (χ2v) is 13.3. The van der Waals surface area contributed by atoms with E-state index in [2.05, 4.69) is 21.3 Å². The summed E-state index contributed by atoms with van der Waals surface area (Å²) in [6, 6.07) is 12.2. The number of aliphatic hydroxyl groups is 1. The van der Waals surface area contributed by atoms with Gasteiger partial charge in [-0.1, -0.05) is 12.1 Å². The molecule has 0 bridgehead atoms. The fraction of sp³-hybridized carbons (Fsp3) is 0.375. The Balaban J connectivity index is 1.77. The van der Waals surface area contributed by atoms with E-state index in [4.69, 9.17) is 0 Å². The quantitative estimate of drug-likeness (QED) is 0.420. The van der Waals surface area contributed by atoms with E-state index < -0.39 is 26.3 Å². The number of para-hydroxylation sites is 2. The van der Waals surface area contributed by atoms with Gasteiger partial charge in [0.05, 0.1) is 26.9 Å². The first kappa shape index (κ1) is 29.1. The third kappa shape index (κ3) is 6.54. The highest BCUT2D eigenvalue weighted by molar-refractivity contribution is 8.02. The number of aliphatic hydroxyl groups excluding tert-OH is 1. The predicted molar refractivity (Wildman–Crippen MR) is 150 cm³/mol. The van der Waals surface area contributed by atoms with Crippen LogP contribution < -0.4 is 9.62 Å². The number of hydrogen-bond donors (Lipinski definition) is 2. The van der Waals surface area contributed by atoms with Gasteiger partial charge in [-0.05, 0) is 56.3 Å². The monoisotopic (exact) mass is 567 g/mol. The molecule has 0 aliphatic carbocycles. The Labute approximate surface area is 223 Å². The molecule has 10 nitrogen and oxygen atoms in total. The number of allylic oxidation sites excluding steroid dienone is 1. The first-order chi connectivity index (χ1) is 17.4. The highest BCUT2D eigenvalue weighted by Gasteiger charge is 2.27. The Hall–Kier alpha value is -2.42. The third-order valence-corrected chi connectivity index (χ3v) is 10.3. The Morgan fingerprint density at radius 1 is 1.03 bits per heavy atom. The average molecular weight is 568 g/mol. The van der Waals surface area contributed by atoms with Gasteiger partial charge in [-0.3, -0.25) is 14.6 Å². The topological polar surface area (TPSA) is 123 Å². The number of sulfonamides is 2. The number of nitrogens with one attached hydrogen (secondary N) is 1. The largest absolute Gasteiger partial charge is 0.373 e. The zero-order valence-corrected chi connectivity index (χ0v) is 23.8. The number of aliphatic imine (C=N–C) groups is 1. The van der Waals surface area contributed by atoms with E-state index in [1.165, 1.54) is 50.1 Å². The highest BCUT2D eigenvalue weighted by Crippen LogP contribution is 2.31. The van der Waals surface area contributed by atoms with Crippen LogP contribution in [-0.2, 0) is 20.0 Å². The molecular formula is C24H33N5O5S3. The van der Waals surface area contributed by atoms with Crippen LogP contribution in [0.4, 0.5) is 11.4 Å². The van der Waals surface area contributed by atoms with Crippen molar-refractivity contribution >= 4 is 49.9 Å². The van der Waals surface area contributed by atoms with Crippen LogP contribution in [0.2, 0.25) is 0 Å². The maximum Gasteiger partial charge on any atom is 0.261 e. The molecule has 37 heavy (non-hydrogen) atoms. The Kier molecular flexibility index (Phi) is 9.42. The van der Waals surface area contributed by atoms with Crippen LogP contribution in [0.25, 0.3) is 0 Å². The zero-order chi connectivity index (χ0) is 27.4. The maximum atomic E-state index is 13.1. The molecule has 0 radical (unpaired) electrons. The Morgan fingerprint density at radius 2 is 1.59 bits per heavy atom. The van der Waals surface area contributed by atoms with E-state index >= 15 is 0 Å². The van der Waals surface area contributed by atoms with Gasteiger partial charge in [-0.15, -0.1) is 11.8 Å². The molecule has 3 rings (SSSR count). The summed E-state index contributed by atoms with van der Waals surface area (Å²) in [5.74, 6) is 0. The Bertz CT molecular complexity index is 1350. The minimum absolute atomic E-state index is 0.00968. The van der Waals surface area contributed by atoms with Crippen molar-refractivity contribution < 1.29 is 21.9 Å². The normalized spacial score (nSPS) is 16.9. The van der Waals surface area contributed by atoms with E-state index in [1.54, 1.807) is 12.1 Å². The summed E-state index contributed by atoms with van der Waals surface area (Å²) < 4.78 is 54.5. The van der Waals surface area contributed by atoms with Crippen molar-refractivity contribution in [1.29, 1.82) is 0 Å². The fourth-order valence-electron chi connectivity index (χ4n) is 3.93. The minimum atomic E-state index is -3.97. The lowest BCUT2D eigenvalue weighted by atomic mass is 10.2. The number of rotatable bonds is 10. The van der Waals surface area contributed by atoms with Gasteiger partial charge in [0.15, 0.2) is 0 Å². The van der Waals surface area contributed by atoms with Gasteiger partial charge in [0.2, 0.25) is 10.0 Å². The van der Waals surface area contributed by atoms with Crippen molar-refractivity contribution in [3.05, 3.63) is 59.1 Å². The van der Waals surface area contributed by atoms with Gasteiger partial charge < -0.3 is 10.0 Å². The van der Waals surface area contributed by atoms with Gasteiger partial charge in [0.1, 0.15) is 6.23 Å². The number of nitrogens with zero attached hydrogens (tertiary/aromatic N) is 4. The molecule has 1 unspecified atom stereocenters. The zero-order valence-electron chi connectivity index (χ0n) is 21.3. The molecule has 0 spiro atoms. The second-order valence-electron chi connectivity index (χ2n) is 8.59. The SMILES string of the molecule is C=N/C(C)=C(\SC)C(O)N1CCN(c2ccccc2NS(=O)(=O)c2ccc(S(=O)(=O)N(C)C)cc2)CC1. The highest BCUT2D eigenvalue weighted by atomic mass is 32.2. The summed E-state index contributed by atoms with van der Waals surface area (Å²) in [7, 11) is -4.81. The average Bonchev–Trinajstić information content (AvgIpc) is 2.89. The van der Waals surface area contributed by atoms with Crippen molar-refractivity contribution in [2.45, 2.75) is 22.9 Å². The van der Waals surface area contributed by atoms with E-state index in [0.29, 0.717) is 37.6 Å². The van der Waals surface area contributed by atoms with Gasteiger partial charge in [-0.25, -0.2) is 21.1 Å². The third-order valence-electron chi connectivity index (χ3n) is 6.11. The summed E-state index contributed by atoms with van der Waals surface area (Å²) in [5.41, 5.74) is 1.82. The maximum absolute atomic E-state index is 13.1. The predicted octanol–water partition coefficient (Wildman–Crippen LogP) is 2.47. The second kappa shape index (κ2) is 12.0. The number of anilines is 2. The lowest BCUT2D eigenvalue weighted by Gasteiger charge is -2.39. The molecule has 1 saturated heterocycles. The summed E-state index contributed by atoms with van der Waals surface area (Å²) in [6.45, 7) is 7.66. The van der Waals surface area contributed by atoms with Crippen LogP contribution in [0.15, 0.2) is 73.9 Å². The van der Waals surface area contributed by atoms with E-state index in [9.17, 15) is 21.9 Å². The van der Waals surface area contributed by atoms with Gasteiger partial charge in [0.25, 0.3) is 10.0 Å². The number of thioether (sulfide) groups is 1. The van der Waals surface area contributed by atoms with E-state index in [1.807, 2.05) is 30.2 Å². The minimum Gasteiger partial charge on any atom is -0.373 e. The number of piperazine rings is 1. The summed E-state index contributed by atoms with van der Waals surface area (Å²) >= 11 is 1.44.